The van der Waals surface area contributed by atoms with Crippen LogP contribution in [-0.2, 0) is 0 Å². The number of nitrogens with zero attached hydrogens (tertiary/aromatic N) is 3. The van der Waals surface area contributed by atoms with Crippen molar-refractivity contribution in [3.8, 4) is 0 Å². The number of hydrogen-bond acceptors (Lipinski definition) is 7. The zero-order valence-corrected chi connectivity index (χ0v) is 15.4. The number of allylic oxidation sites excluding steroid dienone is 1. The van der Waals surface area contributed by atoms with Crippen LogP contribution < -0.4 is 16.4 Å². The standard InChI is InChI=1S/C19H22N6S/c20-16-17(21-11-10-13-6-2-1-3-7-13)22-12-23-18(16)25-19-24-14-8-4-5-9-15(14)26-19/h4-6,8-9,12H,1-3,7,10-11,20H2,(H2,21,22,23,24,25). The molecule has 6 nitrogen and oxygen atoms in total. The lowest BCUT2D eigenvalue weighted by Gasteiger charge is -2.14. The Morgan fingerprint density at radius 1 is 1.12 bits per heavy atom. The van der Waals surface area contributed by atoms with Gasteiger partial charge in [-0.05, 0) is 44.2 Å². The molecule has 0 amide bonds. The van der Waals surface area contributed by atoms with Crippen molar-refractivity contribution in [1.29, 1.82) is 0 Å². The lowest BCUT2D eigenvalue weighted by atomic mass is 9.97. The summed E-state index contributed by atoms with van der Waals surface area (Å²) in [5.41, 5.74) is 9.27. The molecule has 0 bridgehead atoms. The SMILES string of the molecule is Nc1c(NCCC2=CCCCC2)ncnc1Nc1nc2ccccc2s1. The third kappa shape index (κ3) is 3.77. The van der Waals surface area contributed by atoms with Crippen molar-refractivity contribution < 1.29 is 0 Å². The average Bonchev–Trinajstić information content (AvgIpc) is 3.08. The van der Waals surface area contributed by atoms with Gasteiger partial charge in [0.1, 0.15) is 12.0 Å². The Balaban J connectivity index is 1.44. The van der Waals surface area contributed by atoms with E-state index in [4.69, 9.17) is 5.73 Å². The number of nitrogens with two attached hydrogens (primary N) is 1. The first-order chi connectivity index (χ1) is 12.8. The molecule has 0 saturated carbocycles. The third-order valence-electron chi connectivity index (χ3n) is 4.53. The second kappa shape index (κ2) is 7.70. The van der Waals surface area contributed by atoms with Crippen LogP contribution in [0.25, 0.3) is 10.2 Å². The molecule has 0 atom stereocenters. The zero-order valence-electron chi connectivity index (χ0n) is 14.5. The number of anilines is 4. The summed E-state index contributed by atoms with van der Waals surface area (Å²) in [7, 11) is 0. The van der Waals surface area contributed by atoms with Gasteiger partial charge in [-0.15, -0.1) is 0 Å². The van der Waals surface area contributed by atoms with E-state index in [9.17, 15) is 0 Å². The van der Waals surface area contributed by atoms with E-state index in [2.05, 4.69) is 37.7 Å². The fourth-order valence-electron chi connectivity index (χ4n) is 3.14. The molecule has 0 radical (unpaired) electrons. The normalized spacial score (nSPS) is 14.2. The quantitative estimate of drug-likeness (QED) is 0.547. The topological polar surface area (TPSA) is 88.8 Å². The Kier molecular flexibility index (Phi) is 4.97. The molecule has 0 saturated heterocycles. The molecule has 7 heteroatoms. The van der Waals surface area contributed by atoms with Crippen LogP contribution in [0.15, 0.2) is 42.2 Å². The number of fused-ring (bicyclic) bond motifs is 1. The minimum Gasteiger partial charge on any atom is -0.393 e. The number of para-hydroxylation sites is 1. The highest BCUT2D eigenvalue weighted by molar-refractivity contribution is 7.22. The highest BCUT2D eigenvalue weighted by atomic mass is 32.1. The molecule has 4 rings (SSSR count). The molecule has 1 aromatic carbocycles. The second-order valence-electron chi connectivity index (χ2n) is 6.38. The van der Waals surface area contributed by atoms with E-state index in [0.29, 0.717) is 17.3 Å². The number of aromatic nitrogens is 3. The average molecular weight is 366 g/mol. The molecule has 0 unspecified atom stereocenters. The van der Waals surface area contributed by atoms with Crippen molar-refractivity contribution in [3.63, 3.8) is 0 Å². The molecule has 1 aliphatic rings. The summed E-state index contributed by atoms with van der Waals surface area (Å²) in [4.78, 5) is 13.1. The largest absolute Gasteiger partial charge is 0.393 e. The van der Waals surface area contributed by atoms with Crippen LogP contribution in [0.1, 0.15) is 32.1 Å². The predicted octanol–water partition coefficient (Wildman–Crippen LogP) is 4.71. The summed E-state index contributed by atoms with van der Waals surface area (Å²) in [6.45, 7) is 0.827. The van der Waals surface area contributed by atoms with Gasteiger partial charge in [-0.1, -0.05) is 35.1 Å². The molecule has 3 aromatic rings. The van der Waals surface area contributed by atoms with Crippen molar-refractivity contribution in [2.24, 2.45) is 0 Å². The number of benzene rings is 1. The van der Waals surface area contributed by atoms with E-state index < -0.39 is 0 Å². The van der Waals surface area contributed by atoms with Crippen LogP contribution in [0, 0.1) is 0 Å². The lowest BCUT2D eigenvalue weighted by molar-refractivity contribution is 0.679. The van der Waals surface area contributed by atoms with E-state index in [1.807, 2.05) is 18.2 Å². The Labute approximate surface area is 156 Å². The highest BCUT2D eigenvalue weighted by Gasteiger charge is 2.11. The molecule has 0 spiro atoms. The van der Waals surface area contributed by atoms with Crippen LogP contribution in [-0.4, -0.2) is 21.5 Å². The van der Waals surface area contributed by atoms with E-state index in [-0.39, 0.29) is 0 Å². The van der Waals surface area contributed by atoms with Gasteiger partial charge in [-0.3, -0.25) is 0 Å². The van der Waals surface area contributed by atoms with E-state index >= 15 is 0 Å². The van der Waals surface area contributed by atoms with Crippen LogP contribution in [0.5, 0.6) is 0 Å². The Hall–Kier alpha value is -2.67. The van der Waals surface area contributed by atoms with Gasteiger partial charge < -0.3 is 16.4 Å². The first-order valence-corrected chi connectivity index (χ1v) is 9.76. The minimum atomic E-state index is 0.518. The predicted molar refractivity (Wildman–Crippen MR) is 109 cm³/mol. The van der Waals surface area contributed by atoms with E-state index in [1.54, 1.807) is 11.3 Å². The lowest BCUT2D eigenvalue weighted by Crippen LogP contribution is -2.10. The summed E-state index contributed by atoms with van der Waals surface area (Å²) >= 11 is 1.58. The van der Waals surface area contributed by atoms with Gasteiger partial charge in [-0.2, -0.15) is 0 Å². The Morgan fingerprint density at radius 3 is 2.85 bits per heavy atom. The summed E-state index contributed by atoms with van der Waals surface area (Å²) in [5.74, 6) is 1.25. The number of nitrogen functional groups attached to an aromatic ring is 1. The van der Waals surface area contributed by atoms with Gasteiger partial charge in [0.05, 0.1) is 10.2 Å². The molecule has 0 fully saturated rings. The summed E-state index contributed by atoms with van der Waals surface area (Å²) in [6, 6.07) is 8.03. The monoisotopic (exact) mass is 366 g/mol. The number of nitrogens with one attached hydrogen (secondary N) is 2. The maximum Gasteiger partial charge on any atom is 0.189 e. The molecule has 26 heavy (non-hydrogen) atoms. The summed E-state index contributed by atoms with van der Waals surface area (Å²) in [5, 5.41) is 7.33. The van der Waals surface area contributed by atoms with Gasteiger partial charge in [-0.25, -0.2) is 15.0 Å². The molecular weight excluding hydrogens is 344 g/mol. The molecular formula is C19H22N6S. The summed E-state index contributed by atoms with van der Waals surface area (Å²) < 4.78 is 1.13. The van der Waals surface area contributed by atoms with Crippen LogP contribution in [0.3, 0.4) is 0 Å². The van der Waals surface area contributed by atoms with Crippen molar-refractivity contribution >= 4 is 44.0 Å². The molecule has 0 aliphatic heterocycles. The van der Waals surface area contributed by atoms with Gasteiger partial charge in [0.25, 0.3) is 0 Å². The Bertz CT molecular complexity index is 900. The van der Waals surface area contributed by atoms with E-state index in [1.165, 1.54) is 37.6 Å². The van der Waals surface area contributed by atoms with Gasteiger partial charge >= 0.3 is 0 Å². The fraction of sp³-hybridized carbons (Fsp3) is 0.316. The minimum absolute atomic E-state index is 0.518. The maximum atomic E-state index is 6.26. The molecule has 2 heterocycles. The fourth-order valence-corrected chi connectivity index (χ4v) is 4.00. The van der Waals surface area contributed by atoms with Crippen molar-refractivity contribution in [2.45, 2.75) is 32.1 Å². The Morgan fingerprint density at radius 2 is 2.00 bits per heavy atom. The van der Waals surface area contributed by atoms with Crippen molar-refractivity contribution in [3.05, 3.63) is 42.2 Å². The molecule has 134 valence electrons. The highest BCUT2D eigenvalue weighted by Crippen LogP contribution is 2.31. The zero-order chi connectivity index (χ0) is 17.8. The second-order valence-corrected chi connectivity index (χ2v) is 7.41. The molecule has 1 aliphatic carbocycles. The van der Waals surface area contributed by atoms with Crippen molar-refractivity contribution in [2.75, 3.05) is 22.9 Å². The molecule has 2 aromatic heterocycles. The van der Waals surface area contributed by atoms with Crippen molar-refractivity contribution in [1.82, 2.24) is 15.0 Å². The number of rotatable bonds is 6. The van der Waals surface area contributed by atoms with Gasteiger partial charge in [0, 0.05) is 6.54 Å². The first-order valence-electron chi connectivity index (χ1n) is 8.94. The van der Waals surface area contributed by atoms with E-state index in [0.717, 1.165) is 28.3 Å². The summed E-state index contributed by atoms with van der Waals surface area (Å²) in [6.07, 6.45) is 9.97. The first kappa shape index (κ1) is 16.8. The smallest absolute Gasteiger partial charge is 0.189 e. The number of hydrogen-bond donors (Lipinski definition) is 3. The maximum absolute atomic E-state index is 6.26. The van der Waals surface area contributed by atoms with Crippen LogP contribution in [0.2, 0.25) is 0 Å². The van der Waals surface area contributed by atoms with Gasteiger partial charge in [0.2, 0.25) is 0 Å². The van der Waals surface area contributed by atoms with Gasteiger partial charge in [0.15, 0.2) is 16.8 Å². The van der Waals surface area contributed by atoms with Crippen LogP contribution >= 0.6 is 11.3 Å². The van der Waals surface area contributed by atoms with Crippen LogP contribution in [0.4, 0.5) is 22.5 Å². The number of thiazole rings is 1. The third-order valence-corrected chi connectivity index (χ3v) is 5.48. The molecule has 4 N–H and O–H groups in total.